The highest BCUT2D eigenvalue weighted by Gasteiger charge is 2.32. The van der Waals surface area contributed by atoms with Crippen LogP contribution in [0.1, 0.15) is 23.0 Å². The summed E-state index contributed by atoms with van der Waals surface area (Å²) in [6, 6.07) is 8.79. The highest BCUT2D eigenvalue weighted by atomic mass is 32.1. The Hall–Kier alpha value is -3.27. The van der Waals surface area contributed by atoms with Crippen molar-refractivity contribution < 1.29 is 22.8 Å². The number of carbonyl (C=O) groups excluding carboxylic acids is 2. The van der Waals surface area contributed by atoms with E-state index < -0.39 is 17.8 Å². The Balaban J connectivity index is 1.68. The number of thiazole rings is 1. The van der Waals surface area contributed by atoms with E-state index in [0.29, 0.717) is 16.5 Å². The molecule has 2 amide bonds. The second-order valence-corrected chi connectivity index (χ2v) is 6.54. The average molecular weight is 406 g/mol. The van der Waals surface area contributed by atoms with Crippen molar-refractivity contribution in [1.29, 1.82) is 0 Å². The van der Waals surface area contributed by atoms with Gasteiger partial charge in [-0.1, -0.05) is 12.1 Å². The number of amides is 2. The molecule has 0 fully saturated rings. The normalized spacial score (nSPS) is 11.1. The molecule has 0 unspecified atom stereocenters. The lowest BCUT2D eigenvalue weighted by molar-refractivity contribution is -0.141. The van der Waals surface area contributed by atoms with Gasteiger partial charge >= 0.3 is 6.18 Å². The third-order valence-corrected chi connectivity index (χ3v) is 4.30. The maximum absolute atomic E-state index is 12.5. The maximum Gasteiger partial charge on any atom is 0.433 e. The van der Waals surface area contributed by atoms with Crippen molar-refractivity contribution in [2.75, 3.05) is 10.6 Å². The smallest absolute Gasteiger partial charge is 0.326 e. The van der Waals surface area contributed by atoms with Gasteiger partial charge < -0.3 is 5.32 Å². The van der Waals surface area contributed by atoms with Crippen LogP contribution in [0.4, 0.5) is 24.0 Å². The van der Waals surface area contributed by atoms with Gasteiger partial charge in [0, 0.05) is 29.8 Å². The van der Waals surface area contributed by atoms with Gasteiger partial charge in [0.15, 0.2) is 5.13 Å². The van der Waals surface area contributed by atoms with Gasteiger partial charge in [-0.15, -0.1) is 11.3 Å². The van der Waals surface area contributed by atoms with Crippen molar-refractivity contribution in [3.63, 3.8) is 0 Å². The molecule has 0 aliphatic rings. The average Bonchev–Trinajstić information content (AvgIpc) is 3.09. The minimum atomic E-state index is -4.56. The van der Waals surface area contributed by atoms with E-state index in [1.54, 1.807) is 29.6 Å². The second-order valence-electron chi connectivity index (χ2n) is 5.68. The van der Waals surface area contributed by atoms with E-state index in [4.69, 9.17) is 0 Å². The number of anilines is 2. The maximum atomic E-state index is 12.5. The highest BCUT2D eigenvalue weighted by Crippen LogP contribution is 2.28. The second kappa shape index (κ2) is 7.77. The molecule has 0 saturated carbocycles. The number of pyridine rings is 1. The summed E-state index contributed by atoms with van der Waals surface area (Å²) in [7, 11) is 0. The number of carbonyl (C=O) groups is 2. The van der Waals surface area contributed by atoms with Gasteiger partial charge in [-0.2, -0.15) is 13.2 Å². The zero-order valence-corrected chi connectivity index (χ0v) is 15.2. The number of aromatic nitrogens is 2. The molecule has 6 nitrogen and oxygen atoms in total. The molecule has 0 bridgehead atoms. The molecule has 10 heteroatoms. The number of nitrogens with one attached hydrogen (secondary N) is 2. The van der Waals surface area contributed by atoms with E-state index in [0.717, 1.165) is 23.9 Å². The summed E-state index contributed by atoms with van der Waals surface area (Å²) >= 11 is 1.18. The first-order valence-electron chi connectivity index (χ1n) is 7.90. The zero-order valence-electron chi connectivity index (χ0n) is 14.4. The van der Waals surface area contributed by atoms with Crippen LogP contribution in [-0.2, 0) is 11.0 Å². The number of hydrogen-bond acceptors (Lipinski definition) is 5. The van der Waals surface area contributed by atoms with E-state index in [1.807, 2.05) is 0 Å². The van der Waals surface area contributed by atoms with E-state index in [2.05, 4.69) is 20.6 Å². The highest BCUT2D eigenvalue weighted by molar-refractivity contribution is 7.14. The summed E-state index contributed by atoms with van der Waals surface area (Å²) in [5.41, 5.74) is 0.963. The first-order valence-corrected chi connectivity index (χ1v) is 8.78. The molecule has 0 spiro atoms. The molecule has 2 aromatic heterocycles. The summed E-state index contributed by atoms with van der Waals surface area (Å²) in [6.45, 7) is 1.41. The number of benzene rings is 1. The van der Waals surface area contributed by atoms with Gasteiger partial charge in [-0.05, 0) is 24.3 Å². The predicted octanol–water partition coefficient (Wildman–Crippen LogP) is 4.43. The third kappa shape index (κ3) is 4.71. The SMILES string of the molecule is CC(=O)Nc1ccc(-c2csc(NC(=O)c3ccc(C(F)(F)F)nc3)n2)cc1. The van der Waals surface area contributed by atoms with E-state index in [9.17, 15) is 22.8 Å². The van der Waals surface area contributed by atoms with Crippen molar-refractivity contribution in [2.24, 2.45) is 0 Å². The Kier molecular flexibility index (Phi) is 5.41. The predicted molar refractivity (Wildman–Crippen MR) is 99.0 cm³/mol. The standard InChI is InChI=1S/C18H13F3N4O2S/c1-10(26)23-13-5-2-11(3-6-13)14-9-28-17(24-14)25-16(27)12-4-7-15(22-8-12)18(19,20)21/h2-9H,1H3,(H,23,26)(H,24,25,27). The lowest BCUT2D eigenvalue weighted by atomic mass is 10.1. The van der Waals surface area contributed by atoms with Gasteiger partial charge in [0.2, 0.25) is 5.91 Å². The van der Waals surface area contributed by atoms with Crippen molar-refractivity contribution in [3.05, 3.63) is 59.2 Å². The molecule has 1 aromatic carbocycles. The lowest BCUT2D eigenvalue weighted by Gasteiger charge is -2.06. The first-order chi connectivity index (χ1) is 13.2. The van der Waals surface area contributed by atoms with E-state index in [1.165, 1.54) is 18.3 Å². The third-order valence-electron chi connectivity index (χ3n) is 3.54. The molecule has 144 valence electrons. The van der Waals surface area contributed by atoms with Crippen LogP contribution in [0.5, 0.6) is 0 Å². The van der Waals surface area contributed by atoms with E-state index >= 15 is 0 Å². The molecule has 0 aliphatic heterocycles. The van der Waals surface area contributed by atoms with Crippen LogP contribution in [0.25, 0.3) is 11.3 Å². The topological polar surface area (TPSA) is 84.0 Å². The fraction of sp³-hybridized carbons (Fsp3) is 0.111. The minimum absolute atomic E-state index is 0.00981. The quantitative estimate of drug-likeness (QED) is 0.671. The molecule has 0 aliphatic carbocycles. The van der Waals surface area contributed by atoms with Crippen molar-refractivity contribution in [1.82, 2.24) is 9.97 Å². The molecular weight excluding hydrogens is 393 g/mol. The summed E-state index contributed by atoms with van der Waals surface area (Å²) in [4.78, 5) is 30.8. The summed E-state index contributed by atoms with van der Waals surface area (Å²) in [5.74, 6) is -0.785. The van der Waals surface area contributed by atoms with Crippen LogP contribution < -0.4 is 10.6 Å². The van der Waals surface area contributed by atoms with Crippen LogP contribution in [0, 0.1) is 0 Å². The van der Waals surface area contributed by atoms with Gasteiger partial charge in [-0.3, -0.25) is 19.9 Å². The minimum Gasteiger partial charge on any atom is -0.326 e. The van der Waals surface area contributed by atoms with Crippen molar-refractivity contribution in [3.8, 4) is 11.3 Å². The Labute approximate surface area is 161 Å². The molecule has 0 saturated heterocycles. The molecular formula is C18H13F3N4O2S. The first kappa shape index (κ1) is 19.5. The summed E-state index contributed by atoms with van der Waals surface area (Å²) in [6.07, 6.45) is -3.69. The fourth-order valence-electron chi connectivity index (χ4n) is 2.26. The fourth-order valence-corrected chi connectivity index (χ4v) is 2.97. The molecule has 3 rings (SSSR count). The zero-order chi connectivity index (χ0) is 20.3. The van der Waals surface area contributed by atoms with Crippen LogP contribution in [0.2, 0.25) is 0 Å². The van der Waals surface area contributed by atoms with Crippen LogP contribution in [0.15, 0.2) is 48.0 Å². The summed E-state index contributed by atoms with van der Waals surface area (Å²) in [5, 5.41) is 7.22. The molecule has 0 atom stereocenters. The molecule has 2 heterocycles. The van der Waals surface area contributed by atoms with Crippen LogP contribution in [0.3, 0.4) is 0 Å². The molecule has 3 aromatic rings. The van der Waals surface area contributed by atoms with Crippen molar-refractivity contribution >= 4 is 34.0 Å². The van der Waals surface area contributed by atoms with E-state index in [-0.39, 0.29) is 11.5 Å². The molecule has 0 radical (unpaired) electrons. The molecule has 2 N–H and O–H groups in total. The van der Waals surface area contributed by atoms with Crippen molar-refractivity contribution in [2.45, 2.75) is 13.1 Å². The number of rotatable bonds is 4. The number of nitrogens with zero attached hydrogens (tertiary/aromatic N) is 2. The lowest BCUT2D eigenvalue weighted by Crippen LogP contribution is -2.14. The summed E-state index contributed by atoms with van der Waals surface area (Å²) < 4.78 is 37.6. The van der Waals surface area contributed by atoms with Gasteiger partial charge in [0.25, 0.3) is 5.91 Å². The number of halogens is 3. The Morgan fingerprint density at radius 3 is 2.32 bits per heavy atom. The van der Waals surface area contributed by atoms with Crippen LogP contribution >= 0.6 is 11.3 Å². The van der Waals surface area contributed by atoms with Gasteiger partial charge in [-0.25, -0.2) is 4.98 Å². The molecule has 28 heavy (non-hydrogen) atoms. The Morgan fingerprint density at radius 1 is 1.04 bits per heavy atom. The van der Waals surface area contributed by atoms with Crippen LogP contribution in [-0.4, -0.2) is 21.8 Å². The van der Waals surface area contributed by atoms with Gasteiger partial charge in [0.05, 0.1) is 11.3 Å². The van der Waals surface area contributed by atoms with Gasteiger partial charge in [0.1, 0.15) is 5.69 Å². The Bertz CT molecular complexity index is 999. The monoisotopic (exact) mass is 406 g/mol. The Morgan fingerprint density at radius 2 is 1.75 bits per heavy atom. The number of alkyl halides is 3. The largest absolute Gasteiger partial charge is 0.433 e. The number of hydrogen-bond donors (Lipinski definition) is 2.